The van der Waals surface area contributed by atoms with Crippen molar-refractivity contribution in [2.24, 2.45) is 5.14 Å². The molecule has 1 aliphatic carbocycles. The number of ether oxygens (including phenoxy) is 3. The van der Waals surface area contributed by atoms with Gasteiger partial charge in [0.2, 0.25) is 0 Å². The normalized spacial score (nSPS) is 15.8. The SMILES string of the molecule is COc1ccc(Cc2ccc(OC[C@@]3(C=O)CCCc4cc(Cl)ccc43)c([N+](=O)[O-])c2Cc2ccc(OC)cc2)cc1.NS(=O)[O-]. The molecule has 242 valence electrons. The van der Waals surface area contributed by atoms with Crippen LogP contribution in [-0.2, 0) is 40.7 Å². The third-order valence-electron chi connectivity index (χ3n) is 8.00. The number of aryl methyl sites for hydroxylation is 1. The van der Waals surface area contributed by atoms with Crippen LogP contribution in [0.3, 0.4) is 0 Å². The van der Waals surface area contributed by atoms with Crippen LogP contribution in [0.5, 0.6) is 17.2 Å². The molecule has 0 spiro atoms. The van der Waals surface area contributed by atoms with Crippen molar-refractivity contribution in [3.8, 4) is 17.2 Å². The highest BCUT2D eigenvalue weighted by Crippen LogP contribution is 2.41. The van der Waals surface area contributed by atoms with Gasteiger partial charge < -0.3 is 23.6 Å². The van der Waals surface area contributed by atoms with E-state index in [0.717, 1.165) is 52.7 Å². The van der Waals surface area contributed by atoms with Crippen LogP contribution < -0.4 is 19.3 Å². The summed E-state index contributed by atoms with van der Waals surface area (Å²) in [5.74, 6) is 1.59. The van der Waals surface area contributed by atoms with Crippen molar-refractivity contribution in [1.82, 2.24) is 0 Å². The molecule has 12 heteroatoms. The Bertz CT molecular complexity index is 1700. The molecular formula is C34H34ClN2O8S-. The number of nitro groups is 1. The van der Waals surface area contributed by atoms with E-state index < -0.39 is 16.7 Å². The molecule has 0 heterocycles. The fourth-order valence-electron chi connectivity index (χ4n) is 5.74. The number of nitrogens with zero attached hydrogens (tertiary/aromatic N) is 1. The number of carbonyl (C=O) groups excluding carboxylic acids is 1. The number of rotatable bonds is 11. The maximum atomic E-state index is 12.7. The second-order valence-electron chi connectivity index (χ2n) is 10.8. The minimum Gasteiger partial charge on any atom is -0.760 e. The molecule has 0 amide bonds. The molecule has 1 aliphatic rings. The van der Waals surface area contributed by atoms with Gasteiger partial charge in [-0.3, -0.25) is 19.5 Å². The molecule has 0 saturated carbocycles. The van der Waals surface area contributed by atoms with Crippen molar-refractivity contribution < 1.29 is 32.7 Å². The predicted octanol–water partition coefficient (Wildman–Crippen LogP) is 6.04. The molecule has 2 atom stereocenters. The van der Waals surface area contributed by atoms with Crippen LogP contribution in [-0.4, -0.2) is 40.8 Å². The smallest absolute Gasteiger partial charge is 0.314 e. The van der Waals surface area contributed by atoms with Gasteiger partial charge in [-0.1, -0.05) is 48.0 Å². The highest BCUT2D eigenvalue weighted by atomic mass is 35.5. The van der Waals surface area contributed by atoms with Crippen molar-refractivity contribution in [2.45, 2.75) is 37.5 Å². The van der Waals surface area contributed by atoms with E-state index >= 15 is 0 Å². The first-order chi connectivity index (χ1) is 22.1. The first-order valence-corrected chi connectivity index (χ1v) is 15.9. The Kier molecular flexibility index (Phi) is 11.9. The molecule has 0 radical (unpaired) electrons. The summed E-state index contributed by atoms with van der Waals surface area (Å²) in [7, 11) is 3.21. The van der Waals surface area contributed by atoms with E-state index in [0.29, 0.717) is 35.6 Å². The number of nitrogens with two attached hydrogens (primary N) is 1. The third kappa shape index (κ3) is 8.49. The second kappa shape index (κ2) is 15.8. The van der Waals surface area contributed by atoms with E-state index in [1.165, 1.54) is 0 Å². The fraction of sp³-hybridized carbons (Fsp3) is 0.265. The van der Waals surface area contributed by atoms with Gasteiger partial charge in [0.15, 0.2) is 5.75 Å². The molecule has 0 aromatic heterocycles. The molecular weight excluding hydrogens is 632 g/mol. The average Bonchev–Trinajstić information content (AvgIpc) is 3.04. The lowest BCUT2D eigenvalue weighted by Gasteiger charge is -2.34. The lowest BCUT2D eigenvalue weighted by Crippen LogP contribution is -2.38. The summed E-state index contributed by atoms with van der Waals surface area (Å²) in [6.45, 7) is -0.00816. The van der Waals surface area contributed by atoms with Crippen molar-refractivity contribution in [2.75, 3.05) is 20.8 Å². The molecule has 4 aromatic rings. The fourth-order valence-corrected chi connectivity index (χ4v) is 5.94. The summed E-state index contributed by atoms with van der Waals surface area (Å²) in [6, 6.07) is 24.2. The maximum absolute atomic E-state index is 12.7. The summed E-state index contributed by atoms with van der Waals surface area (Å²) >= 11 is 3.86. The Labute approximate surface area is 275 Å². The number of nitro benzene ring substituents is 1. The van der Waals surface area contributed by atoms with Crippen LogP contribution in [0.2, 0.25) is 5.02 Å². The van der Waals surface area contributed by atoms with Gasteiger partial charge in [0.1, 0.15) is 24.4 Å². The Morgan fingerprint density at radius 2 is 1.54 bits per heavy atom. The number of hydrogen-bond acceptors (Lipinski definition) is 8. The van der Waals surface area contributed by atoms with Gasteiger partial charge in [0, 0.05) is 28.3 Å². The average molecular weight is 666 g/mol. The molecule has 0 bridgehead atoms. The number of hydrogen-bond donors (Lipinski definition) is 1. The molecule has 46 heavy (non-hydrogen) atoms. The zero-order valence-electron chi connectivity index (χ0n) is 25.4. The largest absolute Gasteiger partial charge is 0.760 e. The Balaban J connectivity index is 0.00000113. The van der Waals surface area contributed by atoms with Crippen molar-refractivity contribution >= 4 is 34.8 Å². The maximum Gasteiger partial charge on any atom is 0.314 e. The summed E-state index contributed by atoms with van der Waals surface area (Å²) < 4.78 is 34.4. The molecule has 2 N–H and O–H groups in total. The predicted molar refractivity (Wildman–Crippen MR) is 175 cm³/mol. The van der Waals surface area contributed by atoms with Gasteiger partial charge in [0.05, 0.1) is 24.6 Å². The van der Waals surface area contributed by atoms with Gasteiger partial charge in [-0.15, -0.1) is 0 Å². The number of benzene rings is 4. The van der Waals surface area contributed by atoms with Gasteiger partial charge in [-0.2, -0.15) is 0 Å². The van der Waals surface area contributed by atoms with Crippen molar-refractivity contribution in [1.29, 1.82) is 0 Å². The second-order valence-corrected chi connectivity index (χ2v) is 11.8. The zero-order valence-corrected chi connectivity index (χ0v) is 27.0. The van der Waals surface area contributed by atoms with Gasteiger partial charge in [-0.05, 0) is 96.0 Å². The Hall–Kier alpha value is -4.29. The topological polar surface area (TPSA) is 154 Å². The van der Waals surface area contributed by atoms with E-state index in [1.807, 2.05) is 66.7 Å². The van der Waals surface area contributed by atoms with E-state index in [9.17, 15) is 14.9 Å². The molecule has 10 nitrogen and oxygen atoms in total. The first kappa shape index (κ1) is 34.6. The van der Waals surface area contributed by atoms with Crippen LogP contribution in [0.1, 0.15) is 46.2 Å². The molecule has 0 aliphatic heterocycles. The lowest BCUT2D eigenvalue weighted by molar-refractivity contribution is -0.386. The van der Waals surface area contributed by atoms with E-state index in [-0.39, 0.29) is 23.0 Å². The summed E-state index contributed by atoms with van der Waals surface area (Å²) in [5.41, 5.74) is 4.14. The van der Waals surface area contributed by atoms with E-state index in [1.54, 1.807) is 26.4 Å². The number of halogens is 1. The van der Waals surface area contributed by atoms with E-state index in [2.05, 4.69) is 5.14 Å². The summed E-state index contributed by atoms with van der Waals surface area (Å²) in [6.07, 6.45) is 3.93. The monoisotopic (exact) mass is 665 g/mol. The van der Waals surface area contributed by atoms with Crippen LogP contribution in [0.15, 0.2) is 78.9 Å². The molecule has 0 fully saturated rings. The third-order valence-corrected chi connectivity index (χ3v) is 8.24. The molecule has 1 unspecified atom stereocenters. The number of carbonyl (C=O) groups is 1. The Morgan fingerprint density at radius 1 is 0.957 bits per heavy atom. The lowest BCUT2D eigenvalue weighted by atomic mass is 9.71. The van der Waals surface area contributed by atoms with Crippen molar-refractivity contribution in [3.63, 3.8) is 0 Å². The zero-order chi connectivity index (χ0) is 33.3. The van der Waals surface area contributed by atoms with Gasteiger partial charge in [0.25, 0.3) is 0 Å². The summed E-state index contributed by atoms with van der Waals surface area (Å²) in [5, 5.41) is 17.3. The minimum absolute atomic E-state index is 0.00816. The van der Waals surface area contributed by atoms with Crippen LogP contribution in [0.25, 0.3) is 0 Å². The first-order valence-electron chi connectivity index (χ1n) is 14.4. The molecule has 0 saturated heterocycles. The minimum atomic E-state index is -2.36. The molecule has 4 aromatic carbocycles. The molecule has 5 rings (SSSR count). The van der Waals surface area contributed by atoms with Crippen LogP contribution >= 0.6 is 11.6 Å². The summed E-state index contributed by atoms with van der Waals surface area (Å²) in [4.78, 5) is 24.8. The van der Waals surface area contributed by atoms with Crippen molar-refractivity contribution in [3.05, 3.63) is 127 Å². The van der Waals surface area contributed by atoms with Crippen LogP contribution in [0, 0.1) is 10.1 Å². The van der Waals surface area contributed by atoms with Gasteiger partial charge in [-0.25, -0.2) is 0 Å². The van der Waals surface area contributed by atoms with Gasteiger partial charge >= 0.3 is 5.69 Å². The standard InChI is InChI=1S/C34H32ClNO6.H3NO2S/c1-40-28-11-5-23(6-12-28)18-25-9-16-32(33(36(38)39)30(25)19-24-7-13-29(41-2)14-8-24)42-22-34(21-37)17-3-4-26-20-27(35)10-15-31(26)34;1-4(2)3/h5-16,20-21H,3-4,17-19,22H2,1-2H3;1H2,(H,2,3)/p-1/t34-;/m0./s1. The number of fused-ring (bicyclic) bond motifs is 1. The highest BCUT2D eigenvalue weighted by Gasteiger charge is 2.38. The Morgan fingerprint density at radius 3 is 2.09 bits per heavy atom. The number of aldehydes is 1. The van der Waals surface area contributed by atoms with Crippen LogP contribution in [0.4, 0.5) is 5.69 Å². The number of methoxy groups -OCH3 is 2. The quantitative estimate of drug-likeness (QED) is 0.0881. The highest BCUT2D eigenvalue weighted by molar-refractivity contribution is 7.76. The van der Waals surface area contributed by atoms with E-state index in [4.69, 9.17) is 34.6 Å².